The predicted molar refractivity (Wildman–Crippen MR) is 76.3 cm³/mol. The summed E-state index contributed by atoms with van der Waals surface area (Å²) in [5.41, 5.74) is 0.569. The lowest BCUT2D eigenvalue weighted by atomic mass is 10.2. The van der Waals surface area contributed by atoms with Crippen LogP contribution in [0, 0.1) is 0 Å². The van der Waals surface area contributed by atoms with Crippen LogP contribution in [-0.4, -0.2) is 44.9 Å². The van der Waals surface area contributed by atoms with Crippen molar-refractivity contribution in [3.05, 3.63) is 22.7 Å². The fraction of sp³-hybridized carbons (Fsp3) is 0.462. The maximum absolute atomic E-state index is 11.4. The summed E-state index contributed by atoms with van der Waals surface area (Å²) in [4.78, 5) is 11.4. The van der Waals surface area contributed by atoms with Gasteiger partial charge in [0, 0.05) is 36.9 Å². The molecule has 0 bridgehead atoms. The molecular weight excluding hydrogens is 284 g/mol. The first-order chi connectivity index (χ1) is 9.58. The van der Waals surface area contributed by atoms with Gasteiger partial charge in [-0.15, -0.1) is 0 Å². The van der Waals surface area contributed by atoms with E-state index in [2.05, 4.69) is 10.6 Å². The molecule has 0 aliphatic carbocycles. The number of aromatic hydroxyl groups is 1. The van der Waals surface area contributed by atoms with Gasteiger partial charge in [0.1, 0.15) is 0 Å². The smallest absolute Gasteiger partial charge is 0.234 e. The molecule has 0 heterocycles. The number of hydrogen-bond acceptors (Lipinski definition) is 5. The van der Waals surface area contributed by atoms with Crippen molar-refractivity contribution >= 4 is 17.5 Å². The summed E-state index contributed by atoms with van der Waals surface area (Å²) in [6, 6.07) is 3.15. The van der Waals surface area contributed by atoms with Gasteiger partial charge in [-0.05, 0) is 6.07 Å². The van der Waals surface area contributed by atoms with E-state index < -0.39 is 0 Å². The van der Waals surface area contributed by atoms with E-state index in [1.165, 1.54) is 13.2 Å². The Kier molecular flexibility index (Phi) is 7.14. The Hall–Kier alpha value is -1.50. The first-order valence-electron chi connectivity index (χ1n) is 6.10. The minimum absolute atomic E-state index is 0.0178. The molecule has 1 aromatic carbocycles. The molecule has 0 saturated carbocycles. The number of rotatable bonds is 8. The average molecular weight is 303 g/mol. The van der Waals surface area contributed by atoms with Crippen LogP contribution in [0.25, 0.3) is 0 Å². The van der Waals surface area contributed by atoms with Gasteiger partial charge in [-0.25, -0.2) is 0 Å². The molecule has 20 heavy (non-hydrogen) atoms. The SMILES string of the molecule is COCCNC(=O)CNCc1cc(Cl)cc(OC)c1O. The van der Waals surface area contributed by atoms with Crippen LogP contribution in [0.2, 0.25) is 5.02 Å². The largest absolute Gasteiger partial charge is 0.504 e. The van der Waals surface area contributed by atoms with Gasteiger partial charge >= 0.3 is 0 Å². The summed E-state index contributed by atoms with van der Waals surface area (Å²) in [5.74, 6) is 0.179. The van der Waals surface area contributed by atoms with Crippen LogP contribution in [0.15, 0.2) is 12.1 Å². The van der Waals surface area contributed by atoms with Crippen LogP contribution in [0.5, 0.6) is 11.5 Å². The van der Waals surface area contributed by atoms with Crippen molar-refractivity contribution in [2.45, 2.75) is 6.54 Å². The second-order valence-corrected chi connectivity index (χ2v) is 4.50. The number of benzene rings is 1. The molecule has 6 nitrogen and oxygen atoms in total. The van der Waals surface area contributed by atoms with Crippen molar-refractivity contribution in [1.82, 2.24) is 10.6 Å². The highest BCUT2D eigenvalue weighted by molar-refractivity contribution is 6.30. The monoisotopic (exact) mass is 302 g/mol. The Labute approximate surface area is 123 Å². The quantitative estimate of drug-likeness (QED) is 0.622. The lowest BCUT2D eigenvalue weighted by Crippen LogP contribution is -2.35. The van der Waals surface area contributed by atoms with Gasteiger partial charge in [-0.2, -0.15) is 0 Å². The molecule has 0 unspecified atom stereocenters. The van der Waals surface area contributed by atoms with Crippen LogP contribution in [0.4, 0.5) is 0 Å². The highest BCUT2D eigenvalue weighted by atomic mass is 35.5. The van der Waals surface area contributed by atoms with E-state index in [0.29, 0.717) is 36.0 Å². The van der Waals surface area contributed by atoms with Gasteiger partial charge < -0.3 is 25.2 Å². The Bertz CT molecular complexity index is 454. The molecular formula is C13H19ClN2O4. The second kappa shape index (κ2) is 8.63. The van der Waals surface area contributed by atoms with Gasteiger partial charge in [0.25, 0.3) is 0 Å². The molecule has 0 spiro atoms. The first kappa shape index (κ1) is 16.6. The van der Waals surface area contributed by atoms with Gasteiger partial charge in [-0.3, -0.25) is 4.79 Å². The zero-order chi connectivity index (χ0) is 15.0. The number of carbonyl (C=O) groups excluding carboxylic acids is 1. The zero-order valence-corrected chi connectivity index (χ0v) is 12.3. The number of phenolic OH excluding ortho intramolecular Hbond substituents is 1. The summed E-state index contributed by atoms with van der Waals surface area (Å²) in [6.45, 7) is 1.38. The molecule has 0 atom stereocenters. The maximum atomic E-state index is 11.4. The third-order valence-corrected chi connectivity index (χ3v) is 2.79. The lowest BCUT2D eigenvalue weighted by molar-refractivity contribution is -0.120. The molecule has 1 aromatic rings. The standard InChI is InChI=1S/C13H19ClN2O4/c1-19-4-3-16-12(17)8-15-7-9-5-10(14)6-11(20-2)13(9)18/h5-6,15,18H,3-4,7-8H2,1-2H3,(H,16,17). The van der Waals surface area contributed by atoms with Gasteiger partial charge in [0.15, 0.2) is 11.5 Å². The van der Waals surface area contributed by atoms with Gasteiger partial charge in [0.05, 0.1) is 20.3 Å². The molecule has 0 fully saturated rings. The molecule has 0 saturated heterocycles. The zero-order valence-electron chi connectivity index (χ0n) is 11.5. The van der Waals surface area contributed by atoms with E-state index in [1.807, 2.05) is 0 Å². The average Bonchev–Trinajstić information content (AvgIpc) is 2.42. The highest BCUT2D eigenvalue weighted by Gasteiger charge is 2.10. The van der Waals surface area contributed by atoms with Crippen molar-refractivity contribution in [2.75, 3.05) is 33.9 Å². The van der Waals surface area contributed by atoms with E-state index in [0.717, 1.165) is 0 Å². The summed E-state index contributed by atoms with van der Waals surface area (Å²) in [7, 11) is 3.02. The van der Waals surface area contributed by atoms with E-state index in [1.54, 1.807) is 13.2 Å². The third-order valence-electron chi connectivity index (χ3n) is 2.57. The number of hydrogen-bond donors (Lipinski definition) is 3. The summed E-state index contributed by atoms with van der Waals surface area (Å²) in [5, 5.41) is 16.0. The van der Waals surface area contributed by atoms with Crippen molar-refractivity contribution in [3.8, 4) is 11.5 Å². The molecule has 1 amide bonds. The van der Waals surface area contributed by atoms with Crippen LogP contribution >= 0.6 is 11.6 Å². The van der Waals surface area contributed by atoms with Crippen molar-refractivity contribution in [1.29, 1.82) is 0 Å². The Morgan fingerprint density at radius 1 is 1.40 bits per heavy atom. The summed E-state index contributed by atoms with van der Waals surface area (Å²) in [6.07, 6.45) is 0. The molecule has 112 valence electrons. The molecule has 1 rings (SSSR count). The topological polar surface area (TPSA) is 79.8 Å². The lowest BCUT2D eigenvalue weighted by Gasteiger charge is -2.11. The van der Waals surface area contributed by atoms with Crippen molar-refractivity contribution < 1.29 is 19.4 Å². The molecule has 0 aliphatic heterocycles. The first-order valence-corrected chi connectivity index (χ1v) is 6.48. The minimum Gasteiger partial charge on any atom is -0.504 e. The van der Waals surface area contributed by atoms with Crippen molar-refractivity contribution in [2.24, 2.45) is 0 Å². The Morgan fingerprint density at radius 2 is 2.15 bits per heavy atom. The Morgan fingerprint density at radius 3 is 2.80 bits per heavy atom. The predicted octanol–water partition coefficient (Wildman–Crippen LogP) is 0.906. The third kappa shape index (κ3) is 5.24. The van der Waals surface area contributed by atoms with Gasteiger partial charge in [0.2, 0.25) is 5.91 Å². The fourth-order valence-electron chi connectivity index (χ4n) is 1.58. The van der Waals surface area contributed by atoms with E-state index in [9.17, 15) is 9.90 Å². The second-order valence-electron chi connectivity index (χ2n) is 4.06. The van der Waals surface area contributed by atoms with Crippen LogP contribution in [0.1, 0.15) is 5.56 Å². The maximum Gasteiger partial charge on any atom is 0.234 e. The molecule has 3 N–H and O–H groups in total. The van der Waals surface area contributed by atoms with Crippen LogP contribution < -0.4 is 15.4 Å². The van der Waals surface area contributed by atoms with Gasteiger partial charge in [-0.1, -0.05) is 11.6 Å². The number of halogens is 1. The minimum atomic E-state index is -0.143. The van der Waals surface area contributed by atoms with E-state index in [4.69, 9.17) is 21.1 Å². The van der Waals surface area contributed by atoms with Crippen molar-refractivity contribution in [3.63, 3.8) is 0 Å². The number of nitrogens with one attached hydrogen (secondary N) is 2. The molecule has 0 aromatic heterocycles. The molecule has 7 heteroatoms. The Balaban J connectivity index is 2.46. The highest BCUT2D eigenvalue weighted by Crippen LogP contribution is 2.33. The molecule has 0 radical (unpaired) electrons. The normalized spacial score (nSPS) is 10.3. The summed E-state index contributed by atoms with van der Waals surface area (Å²) >= 11 is 5.91. The molecule has 0 aliphatic rings. The van der Waals surface area contributed by atoms with E-state index in [-0.39, 0.29) is 18.2 Å². The van der Waals surface area contributed by atoms with Crippen LogP contribution in [-0.2, 0) is 16.1 Å². The van der Waals surface area contributed by atoms with Crippen LogP contribution in [0.3, 0.4) is 0 Å². The summed E-state index contributed by atoms with van der Waals surface area (Å²) < 4.78 is 9.83. The number of amides is 1. The fourth-order valence-corrected chi connectivity index (χ4v) is 1.82. The number of carbonyl (C=O) groups is 1. The number of ether oxygens (including phenoxy) is 2. The number of methoxy groups -OCH3 is 2. The number of phenols is 1. The van der Waals surface area contributed by atoms with E-state index >= 15 is 0 Å².